The number of hydrogen-bond acceptors (Lipinski definition) is 4. The van der Waals surface area contributed by atoms with Crippen LogP contribution in [-0.2, 0) is 23.9 Å². The van der Waals surface area contributed by atoms with Crippen LogP contribution in [0.1, 0.15) is 30.5 Å². The lowest BCUT2D eigenvalue weighted by atomic mass is 10.1. The molecule has 228 valence electrons. The number of nitrogens with one attached hydrogen (secondary N) is 2. The van der Waals surface area contributed by atoms with Gasteiger partial charge in [-0.2, -0.15) is 13.2 Å². The smallest absolute Gasteiger partial charge is 0.416 e. The number of hydrogen-bond donors (Lipinski definition) is 2. The number of aromatic nitrogens is 1. The lowest BCUT2D eigenvalue weighted by molar-refractivity contribution is -0.137. The molecule has 1 aromatic heterocycles. The first-order valence-electron chi connectivity index (χ1n) is 13.8. The molecule has 0 saturated heterocycles. The standard InChI is InChI=1S/C32H35F3N4O4/c1-21(2)39(31(41)37-25-15-26(42-3)17-27(16-25)43-4)20-30(40)38(19-22-9-11-24(12-10-22)32(33,34)35)14-13-23-18-36-29-8-6-5-7-28(23)29/h5-12,15-18,21,36H,13-14,19-20H2,1-4H3,(H,37,41). The minimum atomic E-state index is -4.46. The molecule has 0 radical (unpaired) electrons. The van der Waals surface area contributed by atoms with E-state index >= 15 is 0 Å². The Hall–Kier alpha value is -4.67. The van der Waals surface area contributed by atoms with Crippen LogP contribution in [0.5, 0.6) is 11.5 Å². The van der Waals surface area contributed by atoms with Gasteiger partial charge in [-0.05, 0) is 49.6 Å². The van der Waals surface area contributed by atoms with Crippen LogP contribution in [0.25, 0.3) is 10.9 Å². The molecule has 0 unspecified atom stereocenters. The molecule has 3 aromatic carbocycles. The monoisotopic (exact) mass is 596 g/mol. The van der Waals surface area contributed by atoms with Gasteiger partial charge in [0.05, 0.1) is 19.8 Å². The Labute approximate surface area is 248 Å². The summed E-state index contributed by atoms with van der Waals surface area (Å²) < 4.78 is 49.9. The lowest BCUT2D eigenvalue weighted by Gasteiger charge is -2.30. The predicted octanol–water partition coefficient (Wildman–Crippen LogP) is 6.72. The Morgan fingerprint density at radius 2 is 1.60 bits per heavy atom. The molecule has 0 fully saturated rings. The average molecular weight is 597 g/mol. The van der Waals surface area contributed by atoms with E-state index in [0.29, 0.717) is 35.7 Å². The molecule has 43 heavy (non-hydrogen) atoms. The molecule has 4 rings (SSSR count). The highest BCUT2D eigenvalue weighted by Gasteiger charge is 2.30. The molecule has 0 saturated carbocycles. The summed E-state index contributed by atoms with van der Waals surface area (Å²) >= 11 is 0. The molecule has 8 nitrogen and oxygen atoms in total. The third-order valence-electron chi connectivity index (χ3n) is 7.13. The van der Waals surface area contributed by atoms with E-state index in [2.05, 4.69) is 10.3 Å². The van der Waals surface area contributed by atoms with Crippen molar-refractivity contribution >= 4 is 28.5 Å². The van der Waals surface area contributed by atoms with Crippen LogP contribution in [0, 0.1) is 0 Å². The summed E-state index contributed by atoms with van der Waals surface area (Å²) in [5.74, 6) is 0.635. The first-order valence-corrected chi connectivity index (χ1v) is 13.8. The van der Waals surface area contributed by atoms with Gasteiger partial charge in [0.15, 0.2) is 0 Å². The first kappa shape index (κ1) is 31.3. The molecule has 3 amide bonds. The molecule has 0 aliphatic carbocycles. The minimum absolute atomic E-state index is 0.0833. The number of amides is 3. The van der Waals surface area contributed by atoms with Crippen molar-refractivity contribution in [3.8, 4) is 11.5 Å². The van der Waals surface area contributed by atoms with E-state index in [1.54, 1.807) is 36.9 Å². The zero-order valence-corrected chi connectivity index (χ0v) is 24.5. The molecule has 0 spiro atoms. The van der Waals surface area contributed by atoms with E-state index in [1.807, 2.05) is 30.5 Å². The van der Waals surface area contributed by atoms with Crippen LogP contribution >= 0.6 is 0 Å². The van der Waals surface area contributed by atoms with E-state index in [4.69, 9.17) is 9.47 Å². The van der Waals surface area contributed by atoms with E-state index in [0.717, 1.165) is 28.6 Å². The second-order valence-electron chi connectivity index (χ2n) is 10.4. The number of aromatic amines is 1. The first-order chi connectivity index (χ1) is 20.5. The van der Waals surface area contributed by atoms with Crippen LogP contribution in [0.2, 0.25) is 0 Å². The highest BCUT2D eigenvalue weighted by atomic mass is 19.4. The van der Waals surface area contributed by atoms with Crippen molar-refractivity contribution in [1.29, 1.82) is 0 Å². The fourth-order valence-corrected chi connectivity index (χ4v) is 4.71. The molecule has 0 aliphatic heterocycles. The minimum Gasteiger partial charge on any atom is -0.497 e. The van der Waals surface area contributed by atoms with Crippen molar-refractivity contribution < 1.29 is 32.2 Å². The molecular weight excluding hydrogens is 561 g/mol. The van der Waals surface area contributed by atoms with Gasteiger partial charge in [-0.25, -0.2) is 4.79 Å². The van der Waals surface area contributed by atoms with Crippen LogP contribution in [0.4, 0.5) is 23.7 Å². The maximum Gasteiger partial charge on any atom is 0.416 e. The van der Waals surface area contributed by atoms with Gasteiger partial charge in [0, 0.05) is 60.1 Å². The third kappa shape index (κ3) is 8.00. The zero-order chi connectivity index (χ0) is 31.1. The highest BCUT2D eigenvalue weighted by Crippen LogP contribution is 2.29. The lowest BCUT2D eigenvalue weighted by Crippen LogP contribution is -2.47. The third-order valence-corrected chi connectivity index (χ3v) is 7.13. The molecule has 2 N–H and O–H groups in total. The number of halogens is 3. The molecule has 0 atom stereocenters. The highest BCUT2D eigenvalue weighted by molar-refractivity contribution is 5.93. The van der Waals surface area contributed by atoms with Crippen molar-refractivity contribution in [2.24, 2.45) is 0 Å². The second kappa shape index (κ2) is 13.5. The summed E-state index contributed by atoms with van der Waals surface area (Å²) in [6, 6.07) is 16.7. The average Bonchev–Trinajstić information content (AvgIpc) is 3.40. The van der Waals surface area contributed by atoms with E-state index in [1.165, 1.54) is 31.3 Å². The summed E-state index contributed by atoms with van der Waals surface area (Å²) in [6.07, 6.45) is -2.06. The Kier molecular flexibility index (Phi) is 9.84. The van der Waals surface area contributed by atoms with Crippen LogP contribution in [0.15, 0.2) is 72.9 Å². The van der Waals surface area contributed by atoms with Gasteiger partial charge >= 0.3 is 12.2 Å². The van der Waals surface area contributed by atoms with E-state index in [-0.39, 0.29) is 25.0 Å². The fraction of sp³-hybridized carbons (Fsp3) is 0.312. The van der Waals surface area contributed by atoms with Gasteiger partial charge in [-0.1, -0.05) is 30.3 Å². The van der Waals surface area contributed by atoms with Gasteiger partial charge in [0.2, 0.25) is 5.91 Å². The Bertz CT molecular complexity index is 1530. The van der Waals surface area contributed by atoms with Gasteiger partial charge in [-0.3, -0.25) is 4.79 Å². The SMILES string of the molecule is COc1cc(NC(=O)N(CC(=O)N(CCc2c[nH]c3ccccc23)Cc2ccc(C(F)(F)F)cc2)C(C)C)cc(OC)c1. The van der Waals surface area contributed by atoms with Gasteiger partial charge in [0.25, 0.3) is 0 Å². The largest absolute Gasteiger partial charge is 0.497 e. The number of anilines is 1. The number of carbonyl (C=O) groups excluding carboxylic acids is 2. The summed E-state index contributed by atoms with van der Waals surface area (Å²) in [5, 5.41) is 3.84. The normalized spacial score (nSPS) is 11.4. The summed E-state index contributed by atoms with van der Waals surface area (Å²) in [5.41, 5.74) is 2.19. The number of H-pyrrole nitrogens is 1. The number of para-hydroxylation sites is 1. The van der Waals surface area contributed by atoms with Crippen LogP contribution in [-0.4, -0.2) is 60.1 Å². The van der Waals surface area contributed by atoms with E-state index in [9.17, 15) is 22.8 Å². The number of urea groups is 1. The van der Waals surface area contributed by atoms with Crippen molar-refractivity contribution in [2.45, 2.75) is 39.0 Å². The van der Waals surface area contributed by atoms with Crippen LogP contribution in [0.3, 0.4) is 0 Å². The van der Waals surface area contributed by atoms with Gasteiger partial charge in [0.1, 0.15) is 18.0 Å². The maximum atomic E-state index is 13.7. The van der Waals surface area contributed by atoms with Crippen molar-refractivity contribution in [3.05, 3.63) is 89.6 Å². The number of methoxy groups -OCH3 is 2. The zero-order valence-electron chi connectivity index (χ0n) is 24.5. The topological polar surface area (TPSA) is 86.9 Å². The van der Waals surface area contributed by atoms with E-state index < -0.39 is 17.8 Å². The number of carbonyl (C=O) groups is 2. The van der Waals surface area contributed by atoms with Gasteiger partial charge < -0.3 is 29.6 Å². The molecule has 4 aromatic rings. The number of alkyl halides is 3. The molecule has 1 heterocycles. The summed E-state index contributed by atoms with van der Waals surface area (Å²) in [4.78, 5) is 33.3. The summed E-state index contributed by atoms with van der Waals surface area (Å²) in [6.45, 7) is 3.73. The van der Waals surface area contributed by atoms with Gasteiger partial charge in [-0.15, -0.1) is 0 Å². The Morgan fingerprint density at radius 3 is 2.21 bits per heavy atom. The number of benzene rings is 3. The number of fused-ring (bicyclic) bond motifs is 1. The molecule has 11 heteroatoms. The molecular formula is C32H35F3N4O4. The second-order valence-corrected chi connectivity index (χ2v) is 10.4. The van der Waals surface area contributed by atoms with Crippen molar-refractivity contribution in [2.75, 3.05) is 32.6 Å². The van der Waals surface area contributed by atoms with Crippen molar-refractivity contribution in [1.82, 2.24) is 14.8 Å². The molecule has 0 aliphatic rings. The molecule has 0 bridgehead atoms. The number of rotatable bonds is 11. The number of ether oxygens (including phenoxy) is 2. The number of nitrogens with zero attached hydrogens (tertiary/aromatic N) is 2. The quantitative estimate of drug-likeness (QED) is 0.201. The van der Waals surface area contributed by atoms with Crippen molar-refractivity contribution in [3.63, 3.8) is 0 Å². The maximum absolute atomic E-state index is 13.7. The Balaban J connectivity index is 1.54. The fourth-order valence-electron chi connectivity index (χ4n) is 4.71. The predicted molar refractivity (Wildman–Crippen MR) is 159 cm³/mol. The van der Waals surface area contributed by atoms with Crippen LogP contribution < -0.4 is 14.8 Å². The Morgan fingerprint density at radius 1 is 0.953 bits per heavy atom. The summed E-state index contributed by atoms with van der Waals surface area (Å²) in [7, 11) is 3.00.